The number of rotatable bonds is 2. The molecule has 118 valence electrons. The molecule has 0 bridgehead atoms. The summed E-state index contributed by atoms with van der Waals surface area (Å²) in [4.78, 5) is 17.1. The lowest BCUT2D eigenvalue weighted by molar-refractivity contribution is -0.118. The Morgan fingerprint density at radius 3 is 2.57 bits per heavy atom. The molecule has 4 heteroatoms. The molecule has 1 aliphatic rings. The monoisotopic (exact) mass is 310 g/mol. The van der Waals surface area contributed by atoms with Gasteiger partial charge in [-0.1, -0.05) is 37.6 Å². The predicted octanol–water partition coefficient (Wildman–Crippen LogP) is 3.95. The van der Waals surface area contributed by atoms with Crippen molar-refractivity contribution >= 4 is 17.3 Å². The van der Waals surface area contributed by atoms with Gasteiger partial charge in [-0.15, -0.1) is 0 Å². The van der Waals surface area contributed by atoms with Gasteiger partial charge in [0.25, 0.3) is 0 Å². The van der Waals surface area contributed by atoms with Gasteiger partial charge in [0.15, 0.2) is 0 Å². The molecule has 1 atom stereocenters. The summed E-state index contributed by atoms with van der Waals surface area (Å²) in [7, 11) is 0. The number of nitrogens with zero attached hydrogens (tertiary/aromatic N) is 1. The third-order valence-electron chi connectivity index (χ3n) is 3.99. The molecule has 1 aliphatic heterocycles. The van der Waals surface area contributed by atoms with Gasteiger partial charge in [0.2, 0.25) is 5.91 Å². The van der Waals surface area contributed by atoms with Gasteiger partial charge < -0.3 is 5.32 Å². The van der Waals surface area contributed by atoms with Gasteiger partial charge in [0.05, 0.1) is 11.4 Å². The zero-order valence-corrected chi connectivity index (χ0v) is 13.4. The van der Waals surface area contributed by atoms with Crippen LogP contribution in [0.2, 0.25) is 0 Å². The van der Waals surface area contributed by atoms with Crippen LogP contribution >= 0.6 is 0 Å². The van der Waals surface area contributed by atoms with E-state index in [4.69, 9.17) is 0 Å². The SMILES string of the molecule is Cc1ccc2c(c1)C(c1ccccc1F)=NC(C(C)C)C(=O)N2. The highest BCUT2D eigenvalue weighted by atomic mass is 19.1. The molecule has 2 aromatic carbocycles. The summed E-state index contributed by atoms with van der Waals surface area (Å²) in [6, 6.07) is 11.7. The van der Waals surface area contributed by atoms with Gasteiger partial charge in [-0.2, -0.15) is 0 Å². The number of fused-ring (bicyclic) bond motifs is 1. The van der Waals surface area contributed by atoms with Crippen LogP contribution in [0.25, 0.3) is 0 Å². The molecule has 0 spiro atoms. The predicted molar refractivity (Wildman–Crippen MR) is 90.5 cm³/mol. The summed E-state index contributed by atoms with van der Waals surface area (Å²) in [5, 5.41) is 2.92. The smallest absolute Gasteiger partial charge is 0.249 e. The number of anilines is 1. The van der Waals surface area contributed by atoms with Crippen molar-refractivity contribution in [2.75, 3.05) is 5.32 Å². The van der Waals surface area contributed by atoms with Gasteiger partial charge in [0, 0.05) is 11.1 Å². The molecular weight excluding hydrogens is 291 g/mol. The van der Waals surface area contributed by atoms with E-state index in [0.717, 1.165) is 11.1 Å². The number of hydrogen-bond donors (Lipinski definition) is 1. The number of benzodiazepines with no additional fused rings is 1. The first-order valence-corrected chi connectivity index (χ1v) is 7.72. The molecule has 23 heavy (non-hydrogen) atoms. The summed E-state index contributed by atoms with van der Waals surface area (Å²) in [5.41, 5.74) is 3.41. The third-order valence-corrected chi connectivity index (χ3v) is 3.99. The minimum atomic E-state index is -0.544. The third kappa shape index (κ3) is 2.89. The van der Waals surface area contributed by atoms with Crippen molar-refractivity contribution in [3.05, 3.63) is 65.0 Å². The summed E-state index contributed by atoms with van der Waals surface area (Å²) in [6.07, 6.45) is 0. The Labute approximate surface area is 135 Å². The fourth-order valence-corrected chi connectivity index (χ4v) is 2.76. The molecular formula is C19H19FN2O. The van der Waals surface area contributed by atoms with Crippen molar-refractivity contribution in [1.29, 1.82) is 0 Å². The standard InChI is InChI=1S/C19H19FN2O/c1-11(2)17-19(23)21-16-9-8-12(3)10-14(16)18(22-17)13-6-4-5-7-15(13)20/h4-11,17H,1-3H3,(H,21,23). The van der Waals surface area contributed by atoms with Crippen molar-refractivity contribution < 1.29 is 9.18 Å². The van der Waals surface area contributed by atoms with Crippen LogP contribution in [-0.4, -0.2) is 17.7 Å². The van der Waals surface area contributed by atoms with E-state index in [1.165, 1.54) is 6.07 Å². The van der Waals surface area contributed by atoms with Crippen LogP contribution in [0.4, 0.5) is 10.1 Å². The largest absolute Gasteiger partial charge is 0.324 e. The van der Waals surface area contributed by atoms with Crippen LogP contribution in [0.5, 0.6) is 0 Å². The van der Waals surface area contributed by atoms with Gasteiger partial charge in [-0.25, -0.2) is 4.39 Å². The first kappa shape index (κ1) is 15.4. The second-order valence-corrected chi connectivity index (χ2v) is 6.18. The molecule has 1 amide bonds. The van der Waals surface area contributed by atoms with E-state index in [9.17, 15) is 9.18 Å². The number of amides is 1. The topological polar surface area (TPSA) is 41.5 Å². The van der Waals surface area contributed by atoms with Crippen molar-refractivity contribution in [1.82, 2.24) is 0 Å². The normalized spacial score (nSPS) is 17.3. The van der Waals surface area contributed by atoms with Crippen molar-refractivity contribution in [3.63, 3.8) is 0 Å². The van der Waals surface area contributed by atoms with Crippen molar-refractivity contribution in [3.8, 4) is 0 Å². The van der Waals surface area contributed by atoms with E-state index >= 15 is 0 Å². The van der Waals surface area contributed by atoms with Crippen LogP contribution in [0.3, 0.4) is 0 Å². The molecule has 1 heterocycles. The maximum atomic E-state index is 14.3. The van der Waals surface area contributed by atoms with E-state index in [1.807, 2.05) is 39.0 Å². The summed E-state index contributed by atoms with van der Waals surface area (Å²) in [5.74, 6) is -0.473. The van der Waals surface area contributed by atoms with Gasteiger partial charge in [0.1, 0.15) is 11.9 Å². The molecule has 0 fully saturated rings. The van der Waals surface area contributed by atoms with Crippen LogP contribution in [0.1, 0.15) is 30.5 Å². The summed E-state index contributed by atoms with van der Waals surface area (Å²) in [6.45, 7) is 5.84. The van der Waals surface area contributed by atoms with Crippen LogP contribution in [0.15, 0.2) is 47.5 Å². The van der Waals surface area contributed by atoms with E-state index in [1.54, 1.807) is 18.2 Å². The number of aliphatic imine (C=N–C) groups is 1. The van der Waals surface area contributed by atoms with E-state index in [0.29, 0.717) is 17.0 Å². The average Bonchev–Trinajstić information content (AvgIpc) is 2.64. The molecule has 0 saturated heterocycles. The Morgan fingerprint density at radius 2 is 1.87 bits per heavy atom. The summed E-state index contributed by atoms with van der Waals surface area (Å²) < 4.78 is 14.3. The Hall–Kier alpha value is -2.49. The lowest BCUT2D eigenvalue weighted by Gasteiger charge is -2.14. The number of halogens is 1. The van der Waals surface area contributed by atoms with Gasteiger partial charge >= 0.3 is 0 Å². The maximum absolute atomic E-state index is 14.3. The summed E-state index contributed by atoms with van der Waals surface area (Å²) >= 11 is 0. The Balaban J connectivity index is 2.27. The number of carbonyl (C=O) groups excluding carboxylic acids is 1. The van der Waals surface area contributed by atoms with Crippen LogP contribution in [-0.2, 0) is 4.79 Å². The number of nitrogens with one attached hydrogen (secondary N) is 1. The Bertz CT molecular complexity index is 796. The van der Waals surface area contributed by atoms with E-state index < -0.39 is 6.04 Å². The Kier molecular flexibility index (Phi) is 3.99. The van der Waals surface area contributed by atoms with Crippen LogP contribution in [0, 0.1) is 18.7 Å². The molecule has 0 saturated carbocycles. The zero-order valence-electron chi connectivity index (χ0n) is 13.4. The van der Waals surface area contributed by atoms with E-state index in [-0.39, 0.29) is 17.6 Å². The highest BCUT2D eigenvalue weighted by Gasteiger charge is 2.28. The fraction of sp³-hybridized carbons (Fsp3) is 0.263. The van der Waals surface area contributed by atoms with E-state index in [2.05, 4.69) is 10.3 Å². The molecule has 2 aromatic rings. The van der Waals surface area contributed by atoms with Gasteiger partial charge in [-0.3, -0.25) is 9.79 Å². The molecule has 3 nitrogen and oxygen atoms in total. The van der Waals surface area contributed by atoms with Crippen LogP contribution < -0.4 is 5.32 Å². The molecule has 3 rings (SSSR count). The average molecular weight is 310 g/mol. The van der Waals surface area contributed by atoms with Crippen molar-refractivity contribution in [2.45, 2.75) is 26.8 Å². The Morgan fingerprint density at radius 1 is 1.13 bits per heavy atom. The molecule has 0 aliphatic carbocycles. The first-order chi connectivity index (χ1) is 11.0. The highest BCUT2D eigenvalue weighted by Crippen LogP contribution is 2.28. The van der Waals surface area contributed by atoms with Gasteiger partial charge in [-0.05, 0) is 37.1 Å². The lowest BCUT2D eigenvalue weighted by Crippen LogP contribution is -2.30. The fourth-order valence-electron chi connectivity index (χ4n) is 2.76. The lowest BCUT2D eigenvalue weighted by atomic mass is 9.98. The highest BCUT2D eigenvalue weighted by molar-refractivity contribution is 6.19. The molecule has 1 N–H and O–H groups in total. The van der Waals surface area contributed by atoms with Crippen molar-refractivity contribution in [2.24, 2.45) is 10.9 Å². The quantitative estimate of drug-likeness (QED) is 0.896. The molecule has 1 unspecified atom stereocenters. The minimum Gasteiger partial charge on any atom is -0.324 e. The maximum Gasteiger partial charge on any atom is 0.249 e. The number of hydrogen-bond acceptors (Lipinski definition) is 2. The zero-order chi connectivity index (χ0) is 16.6. The number of aryl methyl sites for hydroxylation is 1. The minimum absolute atomic E-state index is 0.0205. The number of benzene rings is 2. The second kappa shape index (κ2) is 5.95. The second-order valence-electron chi connectivity index (χ2n) is 6.18. The molecule has 0 radical (unpaired) electrons. The molecule has 0 aromatic heterocycles. The first-order valence-electron chi connectivity index (χ1n) is 7.72. The number of carbonyl (C=O) groups is 1.